The summed E-state index contributed by atoms with van der Waals surface area (Å²) in [7, 11) is 0. The first kappa shape index (κ1) is 23.1. The van der Waals surface area contributed by atoms with E-state index in [9.17, 15) is 9.59 Å². The topological polar surface area (TPSA) is 91.4 Å². The second kappa shape index (κ2) is 10.7. The summed E-state index contributed by atoms with van der Waals surface area (Å²) in [6, 6.07) is 15.7. The Hall–Kier alpha value is -3.68. The number of piperidine rings is 1. The van der Waals surface area contributed by atoms with E-state index in [-0.39, 0.29) is 24.4 Å². The molecule has 2 amide bonds. The Morgan fingerprint density at radius 1 is 1.00 bits per heavy atom. The highest BCUT2D eigenvalue weighted by Crippen LogP contribution is 2.24. The number of nitrogens with zero attached hydrogens (tertiary/aromatic N) is 4. The maximum absolute atomic E-state index is 13.5. The predicted octanol–water partition coefficient (Wildman–Crippen LogP) is 3.71. The van der Waals surface area contributed by atoms with Gasteiger partial charge in [-0.3, -0.25) is 19.7 Å². The Morgan fingerprint density at radius 2 is 1.94 bits per heavy atom. The number of rotatable bonds is 2. The molecule has 0 aliphatic carbocycles. The Kier molecular flexibility index (Phi) is 7.07. The number of amides is 2. The van der Waals surface area contributed by atoms with Crippen LogP contribution < -0.4 is 4.74 Å². The second-order valence-electron chi connectivity index (χ2n) is 9.23. The fourth-order valence-electron chi connectivity index (χ4n) is 4.95. The fourth-order valence-corrected chi connectivity index (χ4v) is 4.95. The molecule has 2 aliphatic rings. The molecule has 0 radical (unpaired) electrons. The van der Waals surface area contributed by atoms with E-state index in [2.05, 4.69) is 27.3 Å². The van der Waals surface area contributed by atoms with Crippen molar-refractivity contribution in [2.45, 2.75) is 44.6 Å². The lowest BCUT2D eigenvalue weighted by Crippen LogP contribution is -2.49. The Morgan fingerprint density at radius 3 is 2.83 bits per heavy atom. The number of aromatic nitrogens is 3. The van der Waals surface area contributed by atoms with Gasteiger partial charge in [0.05, 0.1) is 12.3 Å². The van der Waals surface area contributed by atoms with Crippen LogP contribution in [-0.2, 0) is 11.2 Å². The number of nitrogens with one attached hydrogen (secondary N) is 1. The molecule has 182 valence electrons. The van der Waals surface area contributed by atoms with Crippen molar-refractivity contribution in [1.29, 1.82) is 0 Å². The number of carbonyl (C=O) groups excluding carboxylic acids is 2. The summed E-state index contributed by atoms with van der Waals surface area (Å²) in [6.45, 7) is 1.69. The van der Waals surface area contributed by atoms with Crippen LogP contribution in [0.5, 0.6) is 5.75 Å². The highest BCUT2D eigenvalue weighted by Gasteiger charge is 2.29. The minimum Gasteiger partial charge on any atom is -0.494 e. The van der Waals surface area contributed by atoms with E-state index in [1.165, 1.54) is 5.56 Å². The van der Waals surface area contributed by atoms with E-state index in [4.69, 9.17) is 4.74 Å². The van der Waals surface area contributed by atoms with E-state index >= 15 is 0 Å². The van der Waals surface area contributed by atoms with Gasteiger partial charge in [-0.15, -0.1) is 0 Å². The molecule has 5 rings (SSSR count). The molecule has 35 heavy (non-hydrogen) atoms. The number of fused-ring (bicyclic) bond motifs is 3. The van der Waals surface area contributed by atoms with Crippen LogP contribution in [0.3, 0.4) is 0 Å². The third-order valence-corrected chi connectivity index (χ3v) is 6.80. The predicted molar refractivity (Wildman–Crippen MR) is 132 cm³/mol. The fraction of sp³-hybridized carbons (Fsp3) is 0.407. The van der Waals surface area contributed by atoms with Crippen molar-refractivity contribution in [1.82, 2.24) is 25.0 Å². The molecule has 3 aromatic rings. The standard InChI is InChI=1S/C27H31N5O3/c33-26-19-31(27(34)25-18-24(29-30-25)23-10-1-3-13-28-23)14-6-16-35-22-9-5-7-20(17-22)11-12-21-8-2-4-15-32(21)26/h1,3,5,7,9-10,13,17-18,21H,2,4,6,8,11-12,14-16,19H2,(H,29,30). The van der Waals surface area contributed by atoms with Crippen molar-refractivity contribution < 1.29 is 14.3 Å². The van der Waals surface area contributed by atoms with Crippen molar-refractivity contribution in [2.24, 2.45) is 0 Å². The minimum atomic E-state index is -0.240. The van der Waals surface area contributed by atoms with Gasteiger partial charge in [0.15, 0.2) is 0 Å². The van der Waals surface area contributed by atoms with Crippen LogP contribution in [0.2, 0.25) is 0 Å². The van der Waals surface area contributed by atoms with E-state index < -0.39 is 0 Å². The maximum Gasteiger partial charge on any atom is 0.272 e. The monoisotopic (exact) mass is 473 g/mol. The Bertz CT molecular complexity index is 1160. The number of aryl methyl sites for hydroxylation is 1. The van der Waals surface area contributed by atoms with E-state index in [1.807, 2.05) is 35.2 Å². The van der Waals surface area contributed by atoms with E-state index in [0.717, 1.165) is 44.4 Å². The summed E-state index contributed by atoms with van der Waals surface area (Å²) >= 11 is 0. The average molecular weight is 474 g/mol. The zero-order valence-electron chi connectivity index (χ0n) is 19.9. The van der Waals surface area contributed by atoms with Gasteiger partial charge in [-0.1, -0.05) is 18.2 Å². The largest absolute Gasteiger partial charge is 0.494 e. The maximum atomic E-state index is 13.5. The molecule has 2 aromatic heterocycles. The summed E-state index contributed by atoms with van der Waals surface area (Å²) in [4.78, 5) is 34.8. The zero-order chi connectivity index (χ0) is 24.0. The molecule has 1 atom stereocenters. The van der Waals surface area contributed by atoms with Gasteiger partial charge in [0.1, 0.15) is 23.7 Å². The normalized spacial score (nSPS) is 19.4. The first-order valence-corrected chi connectivity index (χ1v) is 12.4. The number of hydrogen-bond acceptors (Lipinski definition) is 5. The van der Waals surface area contributed by atoms with Crippen LogP contribution in [0.1, 0.15) is 48.2 Å². The second-order valence-corrected chi connectivity index (χ2v) is 9.23. The van der Waals surface area contributed by atoms with E-state index in [0.29, 0.717) is 36.7 Å². The Balaban J connectivity index is 1.37. The number of H-pyrrole nitrogens is 1. The summed E-state index contributed by atoms with van der Waals surface area (Å²) in [5.41, 5.74) is 2.87. The molecule has 0 saturated carbocycles. The molecule has 1 N–H and O–H groups in total. The van der Waals surface area contributed by atoms with Crippen molar-refractivity contribution >= 4 is 11.8 Å². The molecule has 1 saturated heterocycles. The van der Waals surface area contributed by atoms with Crippen LogP contribution in [0.4, 0.5) is 0 Å². The van der Waals surface area contributed by atoms with Gasteiger partial charge >= 0.3 is 0 Å². The molecular weight excluding hydrogens is 442 g/mol. The highest BCUT2D eigenvalue weighted by molar-refractivity contribution is 5.95. The molecular formula is C27H31N5O3. The van der Waals surface area contributed by atoms with Gasteiger partial charge in [0, 0.05) is 25.3 Å². The van der Waals surface area contributed by atoms with Gasteiger partial charge in [-0.2, -0.15) is 5.10 Å². The highest BCUT2D eigenvalue weighted by atomic mass is 16.5. The zero-order valence-corrected chi connectivity index (χ0v) is 19.9. The molecule has 1 unspecified atom stereocenters. The van der Waals surface area contributed by atoms with Crippen molar-refractivity contribution in [3.63, 3.8) is 0 Å². The molecule has 8 nitrogen and oxygen atoms in total. The lowest BCUT2D eigenvalue weighted by atomic mass is 9.95. The summed E-state index contributed by atoms with van der Waals surface area (Å²) in [6.07, 6.45) is 7.27. The lowest BCUT2D eigenvalue weighted by molar-refractivity contribution is -0.135. The molecule has 1 aromatic carbocycles. The first-order valence-electron chi connectivity index (χ1n) is 12.4. The molecule has 8 heteroatoms. The van der Waals surface area contributed by atoms with Crippen LogP contribution in [0, 0.1) is 0 Å². The summed E-state index contributed by atoms with van der Waals surface area (Å²) in [5, 5.41) is 7.12. The number of pyridine rings is 1. The van der Waals surface area contributed by atoms with Gasteiger partial charge in [0.2, 0.25) is 5.91 Å². The van der Waals surface area contributed by atoms with Gasteiger partial charge in [-0.25, -0.2) is 0 Å². The van der Waals surface area contributed by atoms with Crippen molar-refractivity contribution in [2.75, 3.05) is 26.2 Å². The summed E-state index contributed by atoms with van der Waals surface area (Å²) < 4.78 is 5.96. The van der Waals surface area contributed by atoms with Gasteiger partial charge in [-0.05, 0) is 74.4 Å². The van der Waals surface area contributed by atoms with Crippen LogP contribution in [0.25, 0.3) is 11.4 Å². The van der Waals surface area contributed by atoms with Crippen molar-refractivity contribution in [3.05, 3.63) is 66.0 Å². The third-order valence-electron chi connectivity index (χ3n) is 6.80. The average Bonchev–Trinajstić information content (AvgIpc) is 3.40. The van der Waals surface area contributed by atoms with Crippen molar-refractivity contribution in [3.8, 4) is 17.1 Å². The summed E-state index contributed by atoms with van der Waals surface area (Å²) in [5.74, 6) is 0.623. The number of hydrogen-bond donors (Lipinski definition) is 1. The lowest BCUT2D eigenvalue weighted by Gasteiger charge is -2.37. The smallest absolute Gasteiger partial charge is 0.272 e. The quantitative estimate of drug-likeness (QED) is 0.613. The van der Waals surface area contributed by atoms with Crippen LogP contribution in [0.15, 0.2) is 54.7 Å². The third kappa shape index (κ3) is 5.53. The number of ether oxygens (including phenoxy) is 1. The molecule has 1 fully saturated rings. The molecule has 0 spiro atoms. The van der Waals surface area contributed by atoms with Gasteiger partial charge in [0.25, 0.3) is 5.91 Å². The SMILES string of the molecule is O=C(c1cc(-c2ccccn2)n[nH]1)N1CCCOc2cccc(c2)CCC2CCCCN2C(=O)C1. The Labute approximate surface area is 205 Å². The molecule has 4 heterocycles. The van der Waals surface area contributed by atoms with Crippen LogP contribution >= 0.6 is 0 Å². The minimum absolute atomic E-state index is 0.0132. The number of aromatic amines is 1. The van der Waals surface area contributed by atoms with E-state index in [1.54, 1.807) is 17.2 Å². The number of benzene rings is 1. The first-order chi connectivity index (χ1) is 17.2. The van der Waals surface area contributed by atoms with Gasteiger partial charge < -0.3 is 14.5 Å². The molecule has 2 bridgehead atoms. The van der Waals surface area contributed by atoms with Crippen LogP contribution in [-0.4, -0.2) is 69.1 Å². The number of carbonyl (C=O) groups is 2. The molecule has 2 aliphatic heterocycles.